The molecule has 2 amide bonds. The number of amides is 2. The first kappa shape index (κ1) is 14.1. The fourth-order valence-corrected chi connectivity index (χ4v) is 3.34. The highest BCUT2D eigenvalue weighted by molar-refractivity contribution is 7.33. The van der Waals surface area contributed by atoms with Crippen molar-refractivity contribution in [3.8, 4) is 0 Å². The molecule has 2 fully saturated rings. The van der Waals surface area contributed by atoms with E-state index in [9.17, 15) is 14.4 Å². The number of carbonyl (C=O) groups excluding carboxylic acids is 3. The first-order valence-electron chi connectivity index (χ1n) is 6.17. The molecular formula is C12H10ClN2O5P. The summed E-state index contributed by atoms with van der Waals surface area (Å²) >= 11 is 5.62. The average molecular weight is 329 g/mol. The first-order chi connectivity index (χ1) is 10.1. The average Bonchev–Trinajstić information content (AvgIpc) is 3.06. The highest BCUT2D eigenvalue weighted by Crippen LogP contribution is 2.40. The molecule has 2 saturated heterocycles. The summed E-state index contributed by atoms with van der Waals surface area (Å²) in [6, 6.07) is 1.68. The topological polar surface area (TPSA) is 76.2 Å². The van der Waals surface area contributed by atoms with Gasteiger partial charge < -0.3 is 9.47 Å². The molecule has 110 valence electrons. The number of hydrogen-bond acceptors (Lipinski definition) is 5. The van der Waals surface area contributed by atoms with E-state index in [1.807, 2.05) is 0 Å². The summed E-state index contributed by atoms with van der Waals surface area (Å²) in [5.41, 5.74) is 0.750. The van der Waals surface area contributed by atoms with Crippen LogP contribution in [0.5, 0.6) is 0 Å². The van der Waals surface area contributed by atoms with Crippen molar-refractivity contribution in [3.63, 3.8) is 0 Å². The van der Waals surface area contributed by atoms with Crippen molar-refractivity contribution >= 4 is 48.6 Å². The van der Waals surface area contributed by atoms with Crippen LogP contribution in [0.4, 0.5) is 21.0 Å². The molecule has 0 N–H and O–H groups in total. The Hall–Kier alpha value is -1.85. The molecule has 3 heterocycles. The Morgan fingerprint density at radius 3 is 2.29 bits per heavy atom. The minimum absolute atomic E-state index is 0.227. The van der Waals surface area contributed by atoms with Gasteiger partial charge in [-0.3, -0.25) is 14.6 Å². The molecule has 21 heavy (non-hydrogen) atoms. The Morgan fingerprint density at radius 2 is 1.76 bits per heavy atom. The lowest BCUT2D eigenvalue weighted by Crippen LogP contribution is -2.30. The number of ether oxygens (including phenoxy) is 2. The summed E-state index contributed by atoms with van der Waals surface area (Å²) in [4.78, 5) is 37.9. The molecule has 0 aliphatic carbocycles. The standard InChI is InChI=1S/C12H10ClN2O5P/c13-10(16)9-8(15-3-5-20-12(15)18)7(1-6-21-9)14-2-4-19-11(14)17/h1,6H,2-5H2. The smallest absolute Gasteiger partial charge is 0.414 e. The minimum atomic E-state index is -0.666. The number of hydrogen-bond donors (Lipinski definition) is 0. The molecule has 2 aliphatic rings. The molecule has 1 aromatic heterocycles. The van der Waals surface area contributed by atoms with E-state index < -0.39 is 17.4 Å². The summed E-state index contributed by atoms with van der Waals surface area (Å²) in [7, 11) is 0.566. The predicted octanol–water partition coefficient (Wildman–Crippen LogP) is 2.56. The maximum atomic E-state index is 11.8. The number of cyclic esters (lactones) is 2. The molecule has 7 nitrogen and oxygen atoms in total. The summed E-state index contributed by atoms with van der Waals surface area (Å²) in [6.07, 6.45) is -1.07. The van der Waals surface area contributed by atoms with Gasteiger partial charge in [-0.05, 0) is 23.5 Å². The van der Waals surface area contributed by atoms with Crippen molar-refractivity contribution < 1.29 is 23.9 Å². The Labute approximate surface area is 126 Å². The lowest BCUT2D eigenvalue weighted by molar-refractivity contribution is 0.108. The van der Waals surface area contributed by atoms with Crippen molar-refractivity contribution in [2.45, 2.75) is 0 Å². The summed E-state index contributed by atoms with van der Waals surface area (Å²) in [5, 5.41) is -0.423. The van der Waals surface area contributed by atoms with Crippen LogP contribution in [0.15, 0.2) is 11.9 Å². The van der Waals surface area contributed by atoms with E-state index in [0.717, 1.165) is 0 Å². The van der Waals surface area contributed by atoms with Gasteiger partial charge in [-0.1, -0.05) is 8.19 Å². The van der Waals surface area contributed by atoms with Crippen molar-refractivity contribution in [2.75, 3.05) is 36.1 Å². The zero-order valence-electron chi connectivity index (χ0n) is 10.7. The van der Waals surface area contributed by atoms with Crippen LogP contribution >= 0.6 is 19.8 Å². The number of anilines is 2. The van der Waals surface area contributed by atoms with Crippen molar-refractivity contribution in [1.29, 1.82) is 0 Å². The Morgan fingerprint density at radius 1 is 1.14 bits per heavy atom. The second kappa shape index (κ2) is 5.50. The maximum Gasteiger partial charge on any atom is 0.414 e. The number of nitrogens with zero attached hydrogens (tertiary/aromatic N) is 2. The normalized spacial score (nSPS) is 18.3. The van der Waals surface area contributed by atoms with Crippen LogP contribution in [0.3, 0.4) is 0 Å². The Bertz CT molecular complexity index is 638. The van der Waals surface area contributed by atoms with Gasteiger partial charge in [0.05, 0.1) is 29.8 Å². The van der Waals surface area contributed by atoms with Gasteiger partial charge in [0, 0.05) is 0 Å². The second-order valence-electron chi connectivity index (χ2n) is 4.33. The van der Waals surface area contributed by atoms with Crippen molar-refractivity contribution in [3.05, 3.63) is 17.2 Å². The zero-order valence-corrected chi connectivity index (χ0v) is 12.4. The monoisotopic (exact) mass is 328 g/mol. The summed E-state index contributed by atoms with van der Waals surface area (Å²) in [6.45, 7) is 1.14. The van der Waals surface area contributed by atoms with E-state index >= 15 is 0 Å². The molecule has 0 atom stereocenters. The van der Waals surface area contributed by atoms with Gasteiger partial charge in [-0.15, -0.1) is 0 Å². The molecule has 1 aromatic rings. The summed E-state index contributed by atoms with van der Waals surface area (Å²) < 4.78 is 9.81. The molecule has 3 rings (SSSR count). The van der Waals surface area contributed by atoms with Crippen LogP contribution in [-0.4, -0.2) is 43.7 Å². The molecule has 0 bridgehead atoms. The van der Waals surface area contributed by atoms with Gasteiger partial charge in [0.25, 0.3) is 5.24 Å². The van der Waals surface area contributed by atoms with E-state index in [1.165, 1.54) is 9.80 Å². The lowest BCUT2D eigenvalue weighted by Gasteiger charge is -2.23. The molecule has 0 spiro atoms. The molecule has 2 aliphatic heterocycles. The molecular weight excluding hydrogens is 319 g/mol. The summed E-state index contributed by atoms with van der Waals surface area (Å²) in [5.74, 6) is 1.70. The van der Waals surface area contributed by atoms with Gasteiger partial charge in [0.1, 0.15) is 13.2 Å². The molecule has 0 aromatic carbocycles. The molecule has 0 radical (unpaired) electrons. The van der Waals surface area contributed by atoms with Gasteiger partial charge in [-0.25, -0.2) is 9.59 Å². The quantitative estimate of drug-likeness (QED) is 0.797. The van der Waals surface area contributed by atoms with Gasteiger partial charge in [-0.2, -0.15) is 0 Å². The van der Waals surface area contributed by atoms with Crippen LogP contribution in [0.2, 0.25) is 0 Å². The largest absolute Gasteiger partial charge is 0.447 e. The van der Waals surface area contributed by atoms with E-state index in [0.29, 0.717) is 32.7 Å². The van der Waals surface area contributed by atoms with Crippen molar-refractivity contribution in [2.24, 2.45) is 0 Å². The first-order valence-corrected chi connectivity index (χ1v) is 7.51. The lowest BCUT2D eigenvalue weighted by atomic mass is 10.2. The Kier molecular flexibility index (Phi) is 3.69. The van der Waals surface area contributed by atoms with E-state index in [2.05, 4.69) is 0 Å². The van der Waals surface area contributed by atoms with E-state index in [-0.39, 0.29) is 18.5 Å². The maximum absolute atomic E-state index is 11.8. The second-order valence-corrected chi connectivity index (χ2v) is 5.68. The molecule has 0 saturated carbocycles. The number of halogens is 1. The van der Waals surface area contributed by atoms with Crippen LogP contribution in [0.1, 0.15) is 10.1 Å². The third-order valence-corrected chi connectivity index (χ3v) is 4.46. The van der Waals surface area contributed by atoms with Gasteiger partial charge >= 0.3 is 12.2 Å². The van der Waals surface area contributed by atoms with Crippen LogP contribution < -0.4 is 9.80 Å². The van der Waals surface area contributed by atoms with E-state index in [1.54, 1.807) is 11.9 Å². The van der Waals surface area contributed by atoms with Crippen LogP contribution in [0.25, 0.3) is 0 Å². The number of carbonyl (C=O) groups is 3. The Balaban J connectivity index is 2.15. The molecule has 9 heteroatoms. The van der Waals surface area contributed by atoms with Crippen LogP contribution in [0, 0.1) is 0 Å². The van der Waals surface area contributed by atoms with Crippen LogP contribution in [-0.2, 0) is 9.47 Å². The highest BCUT2D eigenvalue weighted by Gasteiger charge is 2.34. The van der Waals surface area contributed by atoms with Crippen molar-refractivity contribution in [1.82, 2.24) is 0 Å². The fraction of sp³-hybridized carbons (Fsp3) is 0.333. The SMILES string of the molecule is O=C(Cl)c1pccc(N2CCOC2=O)c1N1CCOC1=O. The third-order valence-electron chi connectivity index (χ3n) is 3.17. The van der Waals surface area contributed by atoms with Gasteiger partial charge in [0.2, 0.25) is 0 Å². The predicted molar refractivity (Wildman–Crippen MR) is 76.5 cm³/mol. The third kappa shape index (κ3) is 2.43. The zero-order chi connectivity index (χ0) is 15.0. The minimum Gasteiger partial charge on any atom is -0.447 e. The number of rotatable bonds is 3. The van der Waals surface area contributed by atoms with Gasteiger partial charge in [0.15, 0.2) is 0 Å². The van der Waals surface area contributed by atoms with E-state index in [4.69, 9.17) is 21.1 Å². The fourth-order valence-electron chi connectivity index (χ4n) is 2.28. The molecule has 0 unspecified atom stereocenters. The highest BCUT2D eigenvalue weighted by atomic mass is 35.5.